The lowest BCUT2D eigenvalue weighted by Gasteiger charge is -2.43. The van der Waals surface area contributed by atoms with Crippen LogP contribution in [0.15, 0.2) is 12.1 Å². The van der Waals surface area contributed by atoms with E-state index in [1.807, 2.05) is 6.07 Å². The minimum atomic E-state index is -0.186. The third-order valence-electron chi connectivity index (χ3n) is 4.06. The fourth-order valence-corrected chi connectivity index (χ4v) is 3.34. The van der Waals surface area contributed by atoms with Crippen molar-refractivity contribution >= 4 is 23.0 Å². The topological polar surface area (TPSA) is 67.6 Å². The summed E-state index contributed by atoms with van der Waals surface area (Å²) in [6.45, 7) is 7.93. The zero-order chi connectivity index (χ0) is 15.2. The molecule has 0 saturated carbocycles. The summed E-state index contributed by atoms with van der Waals surface area (Å²) in [5.74, 6) is 0.0655. The van der Waals surface area contributed by atoms with Crippen LogP contribution >= 0.6 is 0 Å². The first-order chi connectivity index (χ1) is 9.84. The molecule has 1 amide bonds. The molecule has 1 saturated heterocycles. The van der Waals surface area contributed by atoms with Crippen LogP contribution in [-0.4, -0.2) is 30.7 Å². The molecule has 0 aromatic heterocycles. The normalized spacial score (nSPS) is 24.4. The fourth-order valence-electron chi connectivity index (χ4n) is 3.34. The van der Waals surface area contributed by atoms with E-state index in [9.17, 15) is 4.79 Å². The van der Waals surface area contributed by atoms with Crippen LogP contribution in [0.25, 0.3) is 0 Å². The molecule has 0 bridgehead atoms. The molecule has 2 aliphatic rings. The summed E-state index contributed by atoms with van der Waals surface area (Å²) in [5, 5.41) is 2.89. The lowest BCUT2D eigenvalue weighted by molar-refractivity contribution is -0.116. The maximum absolute atomic E-state index is 11.5. The summed E-state index contributed by atoms with van der Waals surface area (Å²) in [4.78, 5) is 13.8. The number of carbonyl (C=O) groups is 1. The number of fused-ring (bicyclic) bond motifs is 1. The maximum Gasteiger partial charge on any atom is 0.224 e. The van der Waals surface area contributed by atoms with Crippen molar-refractivity contribution in [3.63, 3.8) is 0 Å². The van der Waals surface area contributed by atoms with Crippen molar-refractivity contribution in [1.29, 1.82) is 0 Å². The van der Waals surface area contributed by atoms with Crippen molar-refractivity contribution in [1.82, 2.24) is 0 Å². The molecule has 0 spiro atoms. The zero-order valence-electron chi connectivity index (χ0n) is 12.9. The number of rotatable bonds is 1. The van der Waals surface area contributed by atoms with Crippen LogP contribution in [0.5, 0.6) is 0 Å². The van der Waals surface area contributed by atoms with Gasteiger partial charge in [-0.3, -0.25) is 4.79 Å². The number of nitrogens with zero attached hydrogens (tertiary/aromatic N) is 1. The molecule has 1 unspecified atom stereocenters. The van der Waals surface area contributed by atoms with Crippen molar-refractivity contribution in [3.05, 3.63) is 17.7 Å². The predicted octanol–water partition coefficient (Wildman–Crippen LogP) is 2.16. The Balaban J connectivity index is 1.93. The highest BCUT2D eigenvalue weighted by atomic mass is 16.5. The van der Waals surface area contributed by atoms with Gasteiger partial charge in [-0.05, 0) is 44.9 Å². The average Bonchev–Trinajstić information content (AvgIpc) is 2.35. The monoisotopic (exact) mass is 289 g/mol. The number of aryl methyl sites for hydroxylation is 1. The Morgan fingerprint density at radius 2 is 2.14 bits per heavy atom. The van der Waals surface area contributed by atoms with E-state index in [4.69, 9.17) is 10.5 Å². The number of hydrogen-bond acceptors (Lipinski definition) is 4. The number of benzene rings is 1. The molecule has 0 aliphatic carbocycles. The van der Waals surface area contributed by atoms with Gasteiger partial charge in [-0.25, -0.2) is 0 Å². The Morgan fingerprint density at radius 3 is 2.86 bits per heavy atom. The molecule has 1 aromatic carbocycles. The highest BCUT2D eigenvalue weighted by Crippen LogP contribution is 2.35. The smallest absolute Gasteiger partial charge is 0.224 e. The lowest BCUT2D eigenvalue weighted by Crippen LogP contribution is -2.52. The van der Waals surface area contributed by atoms with Crippen molar-refractivity contribution in [3.8, 4) is 0 Å². The summed E-state index contributed by atoms with van der Waals surface area (Å²) in [6, 6.07) is 4.01. The third kappa shape index (κ3) is 2.83. The molecule has 1 atom stereocenters. The van der Waals surface area contributed by atoms with E-state index in [1.165, 1.54) is 0 Å². The Bertz CT molecular complexity index is 583. The molecule has 1 aromatic rings. The molecular formula is C16H23N3O2. The van der Waals surface area contributed by atoms with E-state index in [0.29, 0.717) is 12.1 Å². The van der Waals surface area contributed by atoms with E-state index in [0.717, 1.165) is 36.4 Å². The van der Waals surface area contributed by atoms with Crippen molar-refractivity contribution < 1.29 is 9.53 Å². The molecule has 114 valence electrons. The highest BCUT2D eigenvalue weighted by molar-refractivity contribution is 5.95. The summed E-state index contributed by atoms with van der Waals surface area (Å²) in [5.41, 5.74) is 9.81. The number of ether oxygens (including phenoxy) is 1. The minimum Gasteiger partial charge on any atom is -0.397 e. The molecule has 3 N–H and O–H groups in total. The number of nitrogen functional groups attached to an aromatic ring is 1. The third-order valence-corrected chi connectivity index (χ3v) is 4.06. The predicted molar refractivity (Wildman–Crippen MR) is 84.6 cm³/mol. The van der Waals surface area contributed by atoms with Gasteiger partial charge in [0.05, 0.1) is 23.1 Å². The first kappa shape index (κ1) is 14.2. The van der Waals surface area contributed by atoms with Crippen LogP contribution in [0.1, 0.15) is 32.8 Å². The second kappa shape index (κ2) is 4.91. The molecule has 2 aliphatic heterocycles. The Labute approximate surface area is 125 Å². The fraction of sp³-hybridized carbons (Fsp3) is 0.562. The van der Waals surface area contributed by atoms with Gasteiger partial charge in [0, 0.05) is 25.2 Å². The summed E-state index contributed by atoms with van der Waals surface area (Å²) < 4.78 is 5.95. The van der Waals surface area contributed by atoms with Crippen LogP contribution in [0.2, 0.25) is 0 Å². The van der Waals surface area contributed by atoms with Crippen LogP contribution in [0.4, 0.5) is 17.1 Å². The van der Waals surface area contributed by atoms with Crippen LogP contribution in [0.3, 0.4) is 0 Å². The molecule has 1 fully saturated rings. The zero-order valence-corrected chi connectivity index (χ0v) is 12.9. The van der Waals surface area contributed by atoms with Gasteiger partial charge < -0.3 is 20.7 Å². The van der Waals surface area contributed by atoms with Gasteiger partial charge in [0.15, 0.2) is 0 Å². The first-order valence-electron chi connectivity index (χ1n) is 7.49. The Kier molecular flexibility index (Phi) is 3.32. The van der Waals surface area contributed by atoms with Gasteiger partial charge in [-0.2, -0.15) is 0 Å². The van der Waals surface area contributed by atoms with Crippen molar-refractivity contribution in [2.24, 2.45) is 0 Å². The standard InChI is InChI=1S/C16H23N3O2/c1-10-8-19(9-16(2,3)21-10)14-6-11-4-5-15(20)18-13(11)7-12(14)17/h6-7,10H,4-5,8-9,17H2,1-3H3,(H,18,20). The summed E-state index contributed by atoms with van der Waals surface area (Å²) in [7, 11) is 0. The van der Waals surface area contributed by atoms with E-state index in [-0.39, 0.29) is 17.6 Å². The molecule has 3 rings (SSSR count). The van der Waals surface area contributed by atoms with Crippen molar-refractivity contribution in [2.75, 3.05) is 29.0 Å². The number of morpholine rings is 1. The lowest BCUT2D eigenvalue weighted by atomic mass is 9.99. The van der Waals surface area contributed by atoms with Gasteiger partial charge in [0.2, 0.25) is 5.91 Å². The SMILES string of the molecule is CC1CN(c2cc3c(cc2N)NC(=O)CC3)CC(C)(C)O1. The molecular weight excluding hydrogens is 266 g/mol. The maximum atomic E-state index is 11.5. The number of nitrogens with one attached hydrogen (secondary N) is 1. The number of anilines is 3. The number of carbonyl (C=O) groups excluding carboxylic acids is 1. The van der Waals surface area contributed by atoms with Crippen LogP contribution < -0.4 is 16.0 Å². The second-order valence-corrected chi connectivity index (χ2v) is 6.69. The Morgan fingerprint density at radius 1 is 1.38 bits per heavy atom. The highest BCUT2D eigenvalue weighted by Gasteiger charge is 2.32. The second-order valence-electron chi connectivity index (χ2n) is 6.69. The van der Waals surface area contributed by atoms with Gasteiger partial charge in [-0.1, -0.05) is 0 Å². The molecule has 21 heavy (non-hydrogen) atoms. The number of amides is 1. The van der Waals surface area contributed by atoms with Gasteiger partial charge in [0.1, 0.15) is 0 Å². The van der Waals surface area contributed by atoms with Crippen LogP contribution in [0, 0.1) is 0 Å². The van der Waals surface area contributed by atoms with Gasteiger partial charge >= 0.3 is 0 Å². The quantitative estimate of drug-likeness (QED) is 0.777. The van der Waals surface area contributed by atoms with Crippen LogP contribution in [-0.2, 0) is 16.0 Å². The molecule has 5 nitrogen and oxygen atoms in total. The van der Waals surface area contributed by atoms with E-state index >= 15 is 0 Å². The minimum absolute atomic E-state index is 0.0655. The number of nitrogens with two attached hydrogens (primary N) is 1. The van der Waals surface area contributed by atoms with E-state index in [1.54, 1.807) is 0 Å². The van der Waals surface area contributed by atoms with E-state index in [2.05, 4.69) is 37.1 Å². The van der Waals surface area contributed by atoms with Gasteiger partial charge in [0.25, 0.3) is 0 Å². The summed E-state index contributed by atoms with van der Waals surface area (Å²) >= 11 is 0. The Hall–Kier alpha value is -1.75. The number of hydrogen-bond donors (Lipinski definition) is 2. The molecule has 5 heteroatoms. The van der Waals surface area contributed by atoms with Crippen molar-refractivity contribution in [2.45, 2.75) is 45.3 Å². The average molecular weight is 289 g/mol. The largest absolute Gasteiger partial charge is 0.397 e. The van der Waals surface area contributed by atoms with Gasteiger partial charge in [-0.15, -0.1) is 0 Å². The summed E-state index contributed by atoms with van der Waals surface area (Å²) in [6.07, 6.45) is 1.49. The molecule has 0 radical (unpaired) electrons. The molecule has 2 heterocycles. The first-order valence-corrected chi connectivity index (χ1v) is 7.49. The van der Waals surface area contributed by atoms with E-state index < -0.39 is 0 Å².